The van der Waals surface area contributed by atoms with E-state index in [0.29, 0.717) is 11.4 Å². The number of benzene rings is 1. The number of non-ortho nitro benzene ring substituents is 1. The Morgan fingerprint density at radius 2 is 2.09 bits per heavy atom. The Kier molecular flexibility index (Phi) is 3.83. The van der Waals surface area contributed by atoms with E-state index in [1.54, 1.807) is 16.8 Å². The number of nitriles is 1. The van der Waals surface area contributed by atoms with Crippen LogP contribution in [0.3, 0.4) is 0 Å². The molecule has 1 aromatic carbocycles. The molecule has 112 valence electrons. The summed E-state index contributed by atoms with van der Waals surface area (Å²) in [6.07, 6.45) is 5.44. The molecule has 0 bridgehead atoms. The van der Waals surface area contributed by atoms with Crippen LogP contribution in [0.2, 0.25) is 0 Å². The molecular weight excluding hydrogens is 282 g/mol. The molecule has 0 amide bonds. The van der Waals surface area contributed by atoms with E-state index in [1.165, 1.54) is 18.6 Å². The van der Waals surface area contributed by atoms with Gasteiger partial charge in [0.15, 0.2) is 5.69 Å². The monoisotopic (exact) mass is 297 g/mol. The van der Waals surface area contributed by atoms with Gasteiger partial charge >= 0.3 is 0 Å². The van der Waals surface area contributed by atoms with Crippen molar-refractivity contribution in [3.8, 4) is 11.8 Å². The number of hydrogen-bond acceptors (Lipinski definition) is 5. The second-order valence-corrected chi connectivity index (χ2v) is 5.46. The summed E-state index contributed by atoms with van der Waals surface area (Å²) in [5, 5.41) is 28.2. The fourth-order valence-corrected chi connectivity index (χ4v) is 3.04. The van der Waals surface area contributed by atoms with E-state index in [9.17, 15) is 15.4 Å². The van der Waals surface area contributed by atoms with Crippen molar-refractivity contribution in [1.82, 2.24) is 15.0 Å². The van der Waals surface area contributed by atoms with E-state index in [-0.39, 0.29) is 11.6 Å². The minimum Gasteiger partial charge on any atom is -0.258 e. The molecule has 0 atom stereocenters. The number of aromatic nitrogens is 3. The molecule has 0 aliphatic heterocycles. The molecule has 3 rings (SSSR count). The average Bonchev–Trinajstić information content (AvgIpc) is 2.99. The Labute approximate surface area is 127 Å². The van der Waals surface area contributed by atoms with E-state index in [1.807, 2.05) is 0 Å². The van der Waals surface area contributed by atoms with Crippen molar-refractivity contribution < 1.29 is 4.92 Å². The minimum atomic E-state index is -0.439. The summed E-state index contributed by atoms with van der Waals surface area (Å²) in [6.45, 7) is 0. The van der Waals surface area contributed by atoms with E-state index in [0.717, 1.165) is 31.4 Å². The highest BCUT2D eigenvalue weighted by molar-refractivity contribution is 5.45. The highest BCUT2D eigenvalue weighted by atomic mass is 16.6. The standard InChI is InChI=1S/C15H15N5O2/c16-10-14-15(11-5-2-1-3-6-11)19(18-17-14)12-7-4-8-13(9-12)20(21)22/h4,7-9,11H,1-3,5-6H2. The Morgan fingerprint density at radius 3 is 2.77 bits per heavy atom. The fraction of sp³-hybridized carbons (Fsp3) is 0.400. The quantitative estimate of drug-likeness (QED) is 0.640. The normalized spacial score (nSPS) is 15.4. The average molecular weight is 297 g/mol. The minimum absolute atomic E-state index is 0.00102. The van der Waals surface area contributed by atoms with Crippen molar-refractivity contribution in [3.63, 3.8) is 0 Å². The Balaban J connectivity index is 2.07. The smallest absolute Gasteiger partial charge is 0.258 e. The van der Waals surface area contributed by atoms with E-state index in [2.05, 4.69) is 16.4 Å². The van der Waals surface area contributed by atoms with Crippen molar-refractivity contribution in [2.45, 2.75) is 38.0 Å². The maximum Gasteiger partial charge on any atom is 0.271 e. The molecule has 1 aliphatic carbocycles. The molecule has 0 spiro atoms. The van der Waals surface area contributed by atoms with Gasteiger partial charge in [-0.15, -0.1) is 5.10 Å². The molecule has 1 fully saturated rings. The lowest BCUT2D eigenvalue weighted by atomic mass is 9.86. The molecule has 22 heavy (non-hydrogen) atoms. The van der Waals surface area contributed by atoms with Crippen LogP contribution in [0, 0.1) is 21.4 Å². The lowest BCUT2D eigenvalue weighted by Gasteiger charge is -2.22. The van der Waals surface area contributed by atoms with Gasteiger partial charge in [0.1, 0.15) is 6.07 Å². The number of nitro benzene ring substituents is 1. The molecule has 0 N–H and O–H groups in total. The second kappa shape index (κ2) is 5.93. The van der Waals surface area contributed by atoms with Gasteiger partial charge in [-0.2, -0.15) is 5.26 Å². The van der Waals surface area contributed by atoms with Gasteiger partial charge in [-0.05, 0) is 18.9 Å². The Hall–Kier alpha value is -2.75. The van der Waals surface area contributed by atoms with Gasteiger partial charge < -0.3 is 0 Å². The number of nitro groups is 1. The van der Waals surface area contributed by atoms with Crippen LogP contribution in [0.1, 0.15) is 49.4 Å². The maximum atomic E-state index is 10.9. The van der Waals surface area contributed by atoms with Gasteiger partial charge in [-0.1, -0.05) is 30.5 Å². The molecule has 0 unspecified atom stereocenters. The summed E-state index contributed by atoms with van der Waals surface area (Å²) < 4.78 is 1.58. The third-order valence-corrected chi connectivity index (χ3v) is 4.09. The predicted molar refractivity (Wildman–Crippen MR) is 78.6 cm³/mol. The first-order chi connectivity index (χ1) is 10.7. The zero-order valence-electron chi connectivity index (χ0n) is 12.0. The first kappa shape index (κ1) is 14.2. The number of rotatable bonds is 3. The van der Waals surface area contributed by atoms with Crippen LogP contribution in [-0.4, -0.2) is 19.9 Å². The molecule has 0 radical (unpaired) electrons. The zero-order valence-corrected chi connectivity index (χ0v) is 12.0. The lowest BCUT2D eigenvalue weighted by Crippen LogP contribution is -2.12. The van der Waals surface area contributed by atoms with Crippen LogP contribution < -0.4 is 0 Å². The van der Waals surface area contributed by atoms with Gasteiger partial charge in [0.05, 0.1) is 16.3 Å². The van der Waals surface area contributed by atoms with Gasteiger partial charge in [-0.3, -0.25) is 10.1 Å². The van der Waals surface area contributed by atoms with Gasteiger partial charge in [-0.25, -0.2) is 4.68 Å². The SMILES string of the molecule is N#Cc1nnn(-c2cccc([N+](=O)[O-])c2)c1C1CCCCC1. The van der Waals surface area contributed by atoms with Crippen LogP contribution in [0.15, 0.2) is 24.3 Å². The first-order valence-corrected chi connectivity index (χ1v) is 7.31. The summed E-state index contributed by atoms with van der Waals surface area (Å²) in [4.78, 5) is 10.5. The predicted octanol–water partition coefficient (Wildman–Crippen LogP) is 3.09. The molecule has 1 saturated carbocycles. The molecule has 7 nitrogen and oxygen atoms in total. The highest BCUT2D eigenvalue weighted by Crippen LogP contribution is 2.35. The van der Waals surface area contributed by atoms with Crippen LogP contribution in [0.25, 0.3) is 5.69 Å². The van der Waals surface area contributed by atoms with E-state index in [4.69, 9.17) is 0 Å². The fourth-order valence-electron chi connectivity index (χ4n) is 3.04. The summed E-state index contributed by atoms with van der Waals surface area (Å²) in [5.74, 6) is 0.234. The Bertz CT molecular complexity index is 741. The molecular formula is C15H15N5O2. The van der Waals surface area contributed by atoms with Gasteiger partial charge in [0.25, 0.3) is 5.69 Å². The van der Waals surface area contributed by atoms with Gasteiger partial charge in [0.2, 0.25) is 0 Å². The first-order valence-electron chi connectivity index (χ1n) is 7.31. The zero-order chi connectivity index (χ0) is 15.5. The van der Waals surface area contributed by atoms with E-state index < -0.39 is 4.92 Å². The summed E-state index contributed by atoms with van der Waals surface area (Å²) >= 11 is 0. The van der Waals surface area contributed by atoms with Gasteiger partial charge in [0, 0.05) is 18.1 Å². The topological polar surface area (TPSA) is 97.6 Å². The lowest BCUT2D eigenvalue weighted by molar-refractivity contribution is -0.384. The summed E-state index contributed by atoms with van der Waals surface area (Å²) in [6, 6.07) is 8.35. The molecule has 7 heteroatoms. The molecule has 0 saturated heterocycles. The van der Waals surface area contributed by atoms with Crippen molar-refractivity contribution in [1.29, 1.82) is 5.26 Å². The van der Waals surface area contributed by atoms with Crippen molar-refractivity contribution in [2.24, 2.45) is 0 Å². The van der Waals surface area contributed by atoms with Crippen molar-refractivity contribution >= 4 is 5.69 Å². The number of hydrogen-bond donors (Lipinski definition) is 0. The second-order valence-electron chi connectivity index (χ2n) is 5.46. The molecule has 1 aliphatic rings. The molecule has 2 aromatic rings. The Morgan fingerprint density at radius 1 is 1.32 bits per heavy atom. The summed E-state index contributed by atoms with van der Waals surface area (Å²) in [7, 11) is 0. The van der Waals surface area contributed by atoms with Crippen molar-refractivity contribution in [3.05, 3.63) is 45.8 Å². The molecule has 1 heterocycles. The molecule has 1 aromatic heterocycles. The van der Waals surface area contributed by atoms with Crippen LogP contribution in [0.4, 0.5) is 5.69 Å². The van der Waals surface area contributed by atoms with Crippen LogP contribution >= 0.6 is 0 Å². The highest BCUT2D eigenvalue weighted by Gasteiger charge is 2.25. The maximum absolute atomic E-state index is 10.9. The van der Waals surface area contributed by atoms with Crippen molar-refractivity contribution in [2.75, 3.05) is 0 Å². The number of nitrogens with zero attached hydrogens (tertiary/aromatic N) is 5. The van der Waals surface area contributed by atoms with E-state index >= 15 is 0 Å². The third kappa shape index (κ3) is 2.55. The van der Waals surface area contributed by atoms with Crippen LogP contribution in [-0.2, 0) is 0 Å². The summed E-state index contributed by atoms with van der Waals surface area (Å²) in [5.41, 5.74) is 1.67. The van der Waals surface area contributed by atoms with Crippen LogP contribution in [0.5, 0.6) is 0 Å². The largest absolute Gasteiger partial charge is 0.271 e. The third-order valence-electron chi connectivity index (χ3n) is 4.09.